The molecular formula is C19H26N4O2. The molecule has 25 heavy (non-hydrogen) atoms. The van der Waals surface area contributed by atoms with Crippen molar-refractivity contribution < 1.29 is 9.26 Å². The summed E-state index contributed by atoms with van der Waals surface area (Å²) in [4.78, 5) is 9.47. The molecule has 1 aromatic carbocycles. The van der Waals surface area contributed by atoms with Crippen molar-refractivity contribution in [1.82, 2.24) is 19.9 Å². The van der Waals surface area contributed by atoms with Gasteiger partial charge in [-0.25, -0.2) is 0 Å². The zero-order valence-corrected chi connectivity index (χ0v) is 15.0. The molecule has 6 heteroatoms. The molecule has 2 aromatic rings. The van der Waals surface area contributed by atoms with Gasteiger partial charge in [-0.05, 0) is 12.5 Å². The average Bonchev–Trinajstić information content (AvgIpc) is 3.29. The Morgan fingerprint density at radius 1 is 1.24 bits per heavy atom. The number of aromatic nitrogens is 2. The minimum Gasteiger partial charge on any atom is -0.374 e. The molecular weight excluding hydrogens is 316 g/mol. The molecule has 0 unspecified atom stereocenters. The minimum atomic E-state index is 0.126. The van der Waals surface area contributed by atoms with Gasteiger partial charge in [-0.2, -0.15) is 4.98 Å². The van der Waals surface area contributed by atoms with Gasteiger partial charge in [0.2, 0.25) is 5.89 Å². The second-order valence-electron chi connectivity index (χ2n) is 6.96. The summed E-state index contributed by atoms with van der Waals surface area (Å²) in [6.07, 6.45) is 1.06. The first-order valence-electron chi connectivity index (χ1n) is 9.20. The highest BCUT2D eigenvalue weighted by Gasteiger charge is 2.42. The molecule has 0 saturated carbocycles. The second kappa shape index (κ2) is 7.23. The minimum absolute atomic E-state index is 0.126. The van der Waals surface area contributed by atoms with E-state index in [0.29, 0.717) is 11.9 Å². The lowest BCUT2D eigenvalue weighted by Gasteiger charge is -2.37. The third kappa shape index (κ3) is 3.47. The van der Waals surface area contributed by atoms with Gasteiger partial charge < -0.3 is 9.26 Å². The molecule has 0 aliphatic carbocycles. The fraction of sp³-hybridized carbons (Fsp3) is 0.579. The molecule has 0 N–H and O–H groups in total. The Balaban J connectivity index is 1.45. The van der Waals surface area contributed by atoms with E-state index in [2.05, 4.69) is 57.2 Å². The van der Waals surface area contributed by atoms with E-state index in [1.165, 1.54) is 5.56 Å². The molecule has 0 radical (unpaired) electrons. The normalized spacial score (nSPS) is 25.8. The van der Waals surface area contributed by atoms with Crippen LogP contribution in [0.1, 0.15) is 37.2 Å². The van der Waals surface area contributed by atoms with Crippen LogP contribution in [0, 0.1) is 0 Å². The highest BCUT2D eigenvalue weighted by molar-refractivity contribution is 5.15. The number of morpholine rings is 1. The second-order valence-corrected chi connectivity index (χ2v) is 6.96. The van der Waals surface area contributed by atoms with Gasteiger partial charge in [0.25, 0.3) is 0 Å². The number of fused-ring (bicyclic) bond motifs is 1. The van der Waals surface area contributed by atoms with E-state index >= 15 is 0 Å². The fourth-order valence-electron chi connectivity index (χ4n) is 3.85. The van der Waals surface area contributed by atoms with Crippen molar-refractivity contribution >= 4 is 0 Å². The number of aryl methyl sites for hydroxylation is 1. The van der Waals surface area contributed by atoms with Gasteiger partial charge in [0, 0.05) is 32.6 Å². The van der Waals surface area contributed by atoms with Crippen molar-refractivity contribution in [2.45, 2.75) is 45.0 Å². The maximum Gasteiger partial charge on any atom is 0.243 e. The summed E-state index contributed by atoms with van der Waals surface area (Å²) in [6.45, 7) is 8.85. The first-order valence-corrected chi connectivity index (χ1v) is 9.20. The molecule has 2 fully saturated rings. The van der Waals surface area contributed by atoms with Gasteiger partial charge in [-0.15, -0.1) is 0 Å². The molecule has 6 nitrogen and oxygen atoms in total. The summed E-state index contributed by atoms with van der Waals surface area (Å²) in [6, 6.07) is 11.2. The van der Waals surface area contributed by atoms with E-state index < -0.39 is 0 Å². The number of ether oxygens (including phenoxy) is 1. The Labute approximate surface area is 148 Å². The number of hydrogen-bond donors (Lipinski definition) is 0. The van der Waals surface area contributed by atoms with Crippen LogP contribution in [0.5, 0.6) is 0 Å². The number of rotatable bonds is 5. The average molecular weight is 342 g/mol. The SMILES string of the molecule is CCc1noc([C@H](C)N2C[C@@H]3[C@@H](C2)OCCN3Cc2ccccc2)n1. The van der Waals surface area contributed by atoms with Gasteiger partial charge >= 0.3 is 0 Å². The molecule has 0 amide bonds. The summed E-state index contributed by atoms with van der Waals surface area (Å²) in [5.74, 6) is 1.49. The van der Waals surface area contributed by atoms with Crippen LogP contribution in [0.4, 0.5) is 0 Å². The molecule has 0 spiro atoms. The van der Waals surface area contributed by atoms with Crippen molar-refractivity contribution in [1.29, 1.82) is 0 Å². The predicted molar refractivity (Wildman–Crippen MR) is 94.0 cm³/mol. The van der Waals surface area contributed by atoms with Gasteiger partial charge in [0.05, 0.1) is 24.8 Å². The van der Waals surface area contributed by atoms with E-state index in [-0.39, 0.29) is 12.1 Å². The number of benzene rings is 1. The first kappa shape index (κ1) is 16.7. The maximum absolute atomic E-state index is 6.06. The quantitative estimate of drug-likeness (QED) is 0.831. The van der Waals surface area contributed by atoms with E-state index in [4.69, 9.17) is 9.26 Å². The molecule has 2 aliphatic rings. The van der Waals surface area contributed by atoms with E-state index in [1.807, 2.05) is 6.92 Å². The van der Waals surface area contributed by atoms with E-state index in [0.717, 1.165) is 45.0 Å². The molecule has 2 saturated heterocycles. The first-order chi connectivity index (χ1) is 12.2. The summed E-state index contributed by atoms with van der Waals surface area (Å²) < 4.78 is 11.5. The van der Waals surface area contributed by atoms with Crippen LogP contribution in [0.25, 0.3) is 0 Å². The lowest BCUT2D eigenvalue weighted by Crippen LogP contribution is -2.50. The van der Waals surface area contributed by atoms with Gasteiger partial charge in [0.15, 0.2) is 5.82 Å². The van der Waals surface area contributed by atoms with Crippen LogP contribution in [0.15, 0.2) is 34.9 Å². The molecule has 1 aromatic heterocycles. The smallest absolute Gasteiger partial charge is 0.243 e. The number of likely N-dealkylation sites (tertiary alicyclic amines) is 1. The topological polar surface area (TPSA) is 54.6 Å². The van der Waals surface area contributed by atoms with Crippen LogP contribution in [-0.2, 0) is 17.7 Å². The summed E-state index contributed by atoms with van der Waals surface area (Å²) >= 11 is 0. The zero-order chi connectivity index (χ0) is 17.2. The lowest BCUT2D eigenvalue weighted by molar-refractivity contribution is -0.0505. The van der Waals surface area contributed by atoms with Crippen molar-refractivity contribution in [2.24, 2.45) is 0 Å². The van der Waals surface area contributed by atoms with Crippen LogP contribution >= 0.6 is 0 Å². The number of nitrogens with zero attached hydrogens (tertiary/aromatic N) is 4. The monoisotopic (exact) mass is 342 g/mol. The highest BCUT2D eigenvalue weighted by atomic mass is 16.5. The molecule has 2 aliphatic heterocycles. The lowest BCUT2D eigenvalue weighted by atomic mass is 10.1. The third-order valence-electron chi connectivity index (χ3n) is 5.38. The zero-order valence-electron chi connectivity index (χ0n) is 15.0. The van der Waals surface area contributed by atoms with Crippen LogP contribution in [0.2, 0.25) is 0 Å². The number of hydrogen-bond acceptors (Lipinski definition) is 6. The van der Waals surface area contributed by atoms with Gasteiger partial charge in [-0.3, -0.25) is 9.80 Å². The summed E-state index contributed by atoms with van der Waals surface area (Å²) in [5, 5.41) is 4.03. The van der Waals surface area contributed by atoms with Gasteiger partial charge in [-0.1, -0.05) is 42.4 Å². The van der Waals surface area contributed by atoms with Crippen LogP contribution in [-0.4, -0.2) is 58.3 Å². The molecule has 134 valence electrons. The standard InChI is InChI=1S/C19H26N4O2/c1-3-18-20-19(25-21-18)14(2)23-12-16-17(13-23)24-10-9-22(16)11-15-7-5-4-6-8-15/h4-8,14,16-17H,3,9-13H2,1-2H3/t14-,16+,17+/m0/s1. The Morgan fingerprint density at radius 2 is 2.08 bits per heavy atom. The third-order valence-corrected chi connectivity index (χ3v) is 5.38. The fourth-order valence-corrected chi connectivity index (χ4v) is 3.85. The van der Waals surface area contributed by atoms with Gasteiger partial charge in [0.1, 0.15) is 0 Å². The van der Waals surface area contributed by atoms with Crippen molar-refractivity contribution in [2.75, 3.05) is 26.2 Å². The summed E-state index contributed by atoms with van der Waals surface area (Å²) in [7, 11) is 0. The van der Waals surface area contributed by atoms with Crippen LogP contribution < -0.4 is 0 Å². The molecule has 4 rings (SSSR count). The van der Waals surface area contributed by atoms with Crippen molar-refractivity contribution in [3.63, 3.8) is 0 Å². The Morgan fingerprint density at radius 3 is 2.84 bits per heavy atom. The molecule has 0 bridgehead atoms. The summed E-state index contributed by atoms with van der Waals surface area (Å²) in [5.41, 5.74) is 1.36. The van der Waals surface area contributed by atoms with E-state index in [1.54, 1.807) is 0 Å². The van der Waals surface area contributed by atoms with E-state index in [9.17, 15) is 0 Å². The van der Waals surface area contributed by atoms with Crippen LogP contribution in [0.3, 0.4) is 0 Å². The van der Waals surface area contributed by atoms with Crippen molar-refractivity contribution in [3.05, 3.63) is 47.6 Å². The predicted octanol–water partition coefficient (Wildman–Crippen LogP) is 2.28. The largest absolute Gasteiger partial charge is 0.374 e. The Kier molecular flexibility index (Phi) is 4.83. The molecule has 3 atom stereocenters. The van der Waals surface area contributed by atoms with Crippen molar-refractivity contribution in [3.8, 4) is 0 Å². The maximum atomic E-state index is 6.06. The Bertz CT molecular complexity index is 690. The highest BCUT2D eigenvalue weighted by Crippen LogP contribution is 2.30. The molecule has 3 heterocycles. The Hall–Kier alpha value is -1.76.